The van der Waals surface area contributed by atoms with Crippen LogP contribution in [0.3, 0.4) is 0 Å². The third-order valence-corrected chi connectivity index (χ3v) is 4.15. The van der Waals surface area contributed by atoms with Crippen molar-refractivity contribution in [3.8, 4) is 0 Å². The highest BCUT2D eigenvalue weighted by Gasteiger charge is 2.29. The Morgan fingerprint density at radius 3 is 2.23 bits per heavy atom. The molecule has 0 atom stereocenters. The van der Waals surface area contributed by atoms with E-state index in [4.69, 9.17) is 11.6 Å². The van der Waals surface area contributed by atoms with Crippen molar-refractivity contribution in [2.45, 2.75) is 27.2 Å². The maximum atomic E-state index is 12.6. The van der Waals surface area contributed by atoms with E-state index in [9.17, 15) is 9.59 Å². The minimum Gasteiger partial charge on any atom is -0.340 e. The predicted molar refractivity (Wildman–Crippen MR) is 88.0 cm³/mol. The SMILES string of the molecule is CC(C)(C)C(=O)N1CCCN(C(=O)c2ccccc2Cl)CC1. The molecule has 22 heavy (non-hydrogen) atoms. The lowest BCUT2D eigenvalue weighted by Crippen LogP contribution is -2.42. The third-order valence-electron chi connectivity index (χ3n) is 3.82. The molecule has 4 nitrogen and oxygen atoms in total. The fourth-order valence-corrected chi connectivity index (χ4v) is 2.82. The van der Waals surface area contributed by atoms with E-state index < -0.39 is 0 Å². The summed E-state index contributed by atoms with van der Waals surface area (Å²) in [5.41, 5.74) is 0.141. The normalized spacial score (nSPS) is 16.4. The summed E-state index contributed by atoms with van der Waals surface area (Å²) < 4.78 is 0. The van der Waals surface area contributed by atoms with Crippen molar-refractivity contribution in [1.29, 1.82) is 0 Å². The molecule has 1 aliphatic rings. The zero-order valence-electron chi connectivity index (χ0n) is 13.4. The number of carbonyl (C=O) groups is 2. The standard InChI is InChI=1S/C17H23ClN2O2/c1-17(2,3)16(22)20-10-6-9-19(11-12-20)15(21)13-7-4-5-8-14(13)18/h4-5,7-8H,6,9-12H2,1-3H3. The Morgan fingerprint density at radius 2 is 1.59 bits per heavy atom. The van der Waals surface area contributed by atoms with Gasteiger partial charge in [-0.2, -0.15) is 0 Å². The zero-order chi connectivity index (χ0) is 16.3. The van der Waals surface area contributed by atoms with E-state index >= 15 is 0 Å². The molecule has 0 aliphatic carbocycles. The number of amides is 2. The van der Waals surface area contributed by atoms with E-state index in [1.54, 1.807) is 17.0 Å². The molecule has 120 valence electrons. The van der Waals surface area contributed by atoms with Crippen LogP contribution in [0.1, 0.15) is 37.6 Å². The molecule has 2 rings (SSSR count). The lowest BCUT2D eigenvalue weighted by Gasteiger charge is -2.28. The van der Waals surface area contributed by atoms with Gasteiger partial charge in [0.1, 0.15) is 0 Å². The molecule has 1 heterocycles. The Labute approximate surface area is 137 Å². The van der Waals surface area contributed by atoms with E-state index in [-0.39, 0.29) is 17.2 Å². The number of carbonyl (C=O) groups excluding carboxylic acids is 2. The van der Waals surface area contributed by atoms with E-state index in [2.05, 4.69) is 0 Å². The Morgan fingerprint density at radius 1 is 1.00 bits per heavy atom. The summed E-state index contributed by atoms with van der Waals surface area (Å²) in [5.74, 6) is 0.0789. The summed E-state index contributed by atoms with van der Waals surface area (Å²) in [6.07, 6.45) is 0.790. The van der Waals surface area contributed by atoms with Crippen molar-refractivity contribution >= 4 is 23.4 Å². The van der Waals surface area contributed by atoms with E-state index in [1.165, 1.54) is 0 Å². The van der Waals surface area contributed by atoms with Crippen LogP contribution in [0, 0.1) is 5.41 Å². The lowest BCUT2D eigenvalue weighted by atomic mass is 9.94. The average Bonchev–Trinajstić information content (AvgIpc) is 2.71. The van der Waals surface area contributed by atoms with Crippen LogP contribution < -0.4 is 0 Å². The third kappa shape index (κ3) is 3.80. The molecule has 0 saturated carbocycles. The first kappa shape index (κ1) is 16.8. The summed E-state index contributed by atoms with van der Waals surface area (Å²) >= 11 is 6.11. The van der Waals surface area contributed by atoms with Crippen LogP contribution in [0.25, 0.3) is 0 Å². The number of halogens is 1. The van der Waals surface area contributed by atoms with Gasteiger partial charge in [-0.05, 0) is 18.6 Å². The van der Waals surface area contributed by atoms with E-state index in [1.807, 2.05) is 37.8 Å². The van der Waals surface area contributed by atoms with Crippen LogP contribution in [0.5, 0.6) is 0 Å². The average molecular weight is 323 g/mol. The highest BCUT2D eigenvalue weighted by atomic mass is 35.5. The molecule has 1 aromatic carbocycles. The molecule has 1 aromatic rings. The first-order chi connectivity index (χ1) is 10.3. The first-order valence-electron chi connectivity index (χ1n) is 7.64. The van der Waals surface area contributed by atoms with Gasteiger partial charge in [-0.15, -0.1) is 0 Å². The molecule has 0 N–H and O–H groups in total. The quantitative estimate of drug-likeness (QED) is 0.797. The van der Waals surface area contributed by atoms with Gasteiger partial charge in [0, 0.05) is 31.6 Å². The predicted octanol–water partition coefficient (Wildman–Crippen LogP) is 3.06. The molecule has 1 saturated heterocycles. The van der Waals surface area contributed by atoms with Crippen molar-refractivity contribution in [1.82, 2.24) is 9.80 Å². The van der Waals surface area contributed by atoms with Gasteiger partial charge in [0.25, 0.3) is 5.91 Å². The molecule has 2 amide bonds. The summed E-state index contributed by atoms with van der Waals surface area (Å²) in [6.45, 7) is 8.24. The van der Waals surface area contributed by atoms with Gasteiger partial charge in [-0.3, -0.25) is 9.59 Å². The van der Waals surface area contributed by atoms with Crippen molar-refractivity contribution in [3.05, 3.63) is 34.9 Å². The number of hydrogen-bond donors (Lipinski definition) is 0. The second-order valence-electron chi connectivity index (χ2n) is 6.67. The molecule has 0 aromatic heterocycles. The van der Waals surface area contributed by atoms with Crippen LogP contribution in [-0.2, 0) is 4.79 Å². The lowest BCUT2D eigenvalue weighted by molar-refractivity contribution is -0.139. The maximum Gasteiger partial charge on any atom is 0.255 e. The monoisotopic (exact) mass is 322 g/mol. The summed E-state index contributed by atoms with van der Waals surface area (Å²) in [6, 6.07) is 7.09. The highest BCUT2D eigenvalue weighted by molar-refractivity contribution is 6.33. The molecule has 0 radical (unpaired) electrons. The summed E-state index contributed by atoms with van der Waals surface area (Å²) in [5, 5.41) is 0.472. The first-order valence-corrected chi connectivity index (χ1v) is 8.01. The second-order valence-corrected chi connectivity index (χ2v) is 7.08. The van der Waals surface area contributed by atoms with Gasteiger partial charge in [-0.25, -0.2) is 0 Å². The van der Waals surface area contributed by atoms with Gasteiger partial charge in [0.15, 0.2) is 0 Å². The second kappa shape index (κ2) is 6.69. The number of nitrogens with zero attached hydrogens (tertiary/aromatic N) is 2. The molecular weight excluding hydrogens is 300 g/mol. The maximum absolute atomic E-state index is 12.6. The van der Waals surface area contributed by atoms with Gasteiger partial charge < -0.3 is 9.80 Å². The molecule has 1 fully saturated rings. The van der Waals surface area contributed by atoms with Crippen molar-refractivity contribution in [2.24, 2.45) is 5.41 Å². The molecular formula is C17H23ClN2O2. The Bertz CT molecular complexity index is 566. The van der Waals surface area contributed by atoms with E-state index in [0.29, 0.717) is 36.8 Å². The van der Waals surface area contributed by atoms with Gasteiger partial charge in [0.2, 0.25) is 5.91 Å². The fourth-order valence-electron chi connectivity index (χ4n) is 2.60. The van der Waals surface area contributed by atoms with E-state index in [0.717, 1.165) is 6.42 Å². The Balaban J connectivity index is 2.06. The molecule has 0 bridgehead atoms. The van der Waals surface area contributed by atoms with Gasteiger partial charge >= 0.3 is 0 Å². The van der Waals surface area contributed by atoms with Crippen molar-refractivity contribution in [3.63, 3.8) is 0 Å². The Kier molecular flexibility index (Phi) is 5.12. The molecule has 1 aliphatic heterocycles. The topological polar surface area (TPSA) is 40.6 Å². The highest BCUT2D eigenvalue weighted by Crippen LogP contribution is 2.21. The van der Waals surface area contributed by atoms with Gasteiger partial charge in [0.05, 0.1) is 10.6 Å². The number of benzene rings is 1. The Hall–Kier alpha value is -1.55. The smallest absolute Gasteiger partial charge is 0.255 e. The minimum atomic E-state index is -0.387. The van der Waals surface area contributed by atoms with Crippen LogP contribution in [0.2, 0.25) is 5.02 Å². The minimum absolute atomic E-state index is 0.0596. The van der Waals surface area contributed by atoms with Crippen molar-refractivity contribution < 1.29 is 9.59 Å². The fraction of sp³-hybridized carbons (Fsp3) is 0.529. The molecule has 5 heteroatoms. The van der Waals surface area contributed by atoms with Crippen LogP contribution >= 0.6 is 11.6 Å². The molecule has 0 unspecified atom stereocenters. The van der Waals surface area contributed by atoms with Gasteiger partial charge in [-0.1, -0.05) is 44.5 Å². The summed E-state index contributed by atoms with van der Waals surface area (Å²) in [7, 11) is 0. The van der Waals surface area contributed by atoms with Crippen LogP contribution in [-0.4, -0.2) is 47.8 Å². The van der Waals surface area contributed by atoms with Crippen molar-refractivity contribution in [2.75, 3.05) is 26.2 Å². The van der Waals surface area contributed by atoms with Crippen LogP contribution in [0.15, 0.2) is 24.3 Å². The summed E-state index contributed by atoms with van der Waals surface area (Å²) in [4.78, 5) is 28.6. The zero-order valence-corrected chi connectivity index (χ0v) is 14.2. The number of rotatable bonds is 1. The molecule has 0 spiro atoms. The largest absolute Gasteiger partial charge is 0.340 e. The van der Waals surface area contributed by atoms with Crippen LogP contribution in [0.4, 0.5) is 0 Å². The number of hydrogen-bond acceptors (Lipinski definition) is 2.